The molecule has 0 bridgehead atoms. The van der Waals surface area contributed by atoms with Gasteiger partial charge in [-0.25, -0.2) is 19.3 Å². The lowest BCUT2D eigenvalue weighted by molar-refractivity contribution is -0.135. The standard InChI is InChI=1S/C25H19ClF4N6O2/c26-14-6-5-13(10-15(14)27)25(12-3-4-12)18-20(35-23(25)38)33-19(34-22(18)37)17-11-36-9-8-31-21(36)16(32-17)2-1-7-24(28,29)30/h5-6,8-12H,1-4,7H2,(H2,33,34,35,37,38). The van der Waals surface area contributed by atoms with Gasteiger partial charge in [0.25, 0.3) is 0 Å². The van der Waals surface area contributed by atoms with Gasteiger partial charge in [-0.2, -0.15) is 18.2 Å². The first-order valence-corrected chi connectivity index (χ1v) is 12.2. The Kier molecular flexibility index (Phi) is 5.56. The van der Waals surface area contributed by atoms with Gasteiger partial charge in [0.1, 0.15) is 22.7 Å². The molecule has 38 heavy (non-hydrogen) atoms. The van der Waals surface area contributed by atoms with Gasteiger partial charge in [-0.1, -0.05) is 17.7 Å². The van der Waals surface area contributed by atoms with Crippen molar-refractivity contribution in [2.75, 3.05) is 5.32 Å². The number of aromatic hydroxyl groups is 1. The molecule has 1 amide bonds. The maximum Gasteiger partial charge on any atom is 0.389 e. The summed E-state index contributed by atoms with van der Waals surface area (Å²) in [5.41, 5.74) is -0.0421. The molecule has 2 N–H and O–H groups in total. The number of fused-ring (bicyclic) bond motifs is 2. The summed E-state index contributed by atoms with van der Waals surface area (Å²) in [6, 6.07) is 4.09. The summed E-state index contributed by atoms with van der Waals surface area (Å²) in [5, 5.41) is 13.7. The molecule has 8 nitrogen and oxygen atoms in total. The van der Waals surface area contributed by atoms with Gasteiger partial charge >= 0.3 is 6.18 Å². The van der Waals surface area contributed by atoms with Crippen molar-refractivity contribution in [1.82, 2.24) is 24.3 Å². The van der Waals surface area contributed by atoms with Crippen molar-refractivity contribution in [1.29, 1.82) is 0 Å². The highest BCUT2D eigenvalue weighted by atomic mass is 35.5. The molecule has 4 heterocycles. The number of imidazole rings is 1. The van der Waals surface area contributed by atoms with E-state index >= 15 is 0 Å². The maximum absolute atomic E-state index is 14.4. The molecule has 6 rings (SSSR count). The first kappa shape index (κ1) is 24.5. The number of nitrogens with one attached hydrogen (secondary N) is 1. The Morgan fingerprint density at radius 2 is 2.00 bits per heavy atom. The third-order valence-electron chi connectivity index (χ3n) is 6.99. The summed E-state index contributed by atoms with van der Waals surface area (Å²) in [5.74, 6) is -1.82. The molecule has 1 fully saturated rings. The van der Waals surface area contributed by atoms with Crippen molar-refractivity contribution in [3.05, 3.63) is 64.5 Å². The van der Waals surface area contributed by atoms with Gasteiger partial charge < -0.3 is 14.8 Å². The zero-order chi connectivity index (χ0) is 26.8. The Balaban J connectivity index is 1.44. The van der Waals surface area contributed by atoms with Gasteiger partial charge in [-0.05, 0) is 49.3 Å². The fourth-order valence-corrected chi connectivity index (χ4v) is 5.34. The lowest BCUT2D eigenvalue weighted by Gasteiger charge is -2.28. The van der Waals surface area contributed by atoms with E-state index in [2.05, 4.69) is 25.3 Å². The molecule has 1 unspecified atom stereocenters. The molecule has 1 aliphatic carbocycles. The van der Waals surface area contributed by atoms with E-state index in [4.69, 9.17) is 11.6 Å². The van der Waals surface area contributed by atoms with E-state index in [-0.39, 0.29) is 46.7 Å². The second-order valence-electron chi connectivity index (χ2n) is 9.46. The van der Waals surface area contributed by atoms with Crippen molar-refractivity contribution in [2.24, 2.45) is 5.92 Å². The summed E-state index contributed by atoms with van der Waals surface area (Å²) >= 11 is 5.87. The fraction of sp³-hybridized carbons (Fsp3) is 0.320. The molecular weight excluding hydrogens is 528 g/mol. The third kappa shape index (κ3) is 3.94. The SMILES string of the molecule is O=C1Nc2nc(-c3cn4ccnc4c(CCCC(F)(F)F)n3)nc(O)c2C1(c1ccc(Cl)c(F)c1)C1CC1. The van der Waals surface area contributed by atoms with E-state index in [1.165, 1.54) is 24.5 Å². The Morgan fingerprint density at radius 3 is 2.71 bits per heavy atom. The number of aryl methyl sites for hydroxylation is 1. The van der Waals surface area contributed by atoms with Crippen LogP contribution >= 0.6 is 11.6 Å². The zero-order valence-corrected chi connectivity index (χ0v) is 20.3. The number of carbonyl (C=O) groups excluding carboxylic acids is 1. The normalized spacial score (nSPS) is 19.1. The number of hydrogen-bond donors (Lipinski definition) is 2. The predicted molar refractivity (Wildman–Crippen MR) is 128 cm³/mol. The van der Waals surface area contributed by atoms with Crippen LogP contribution in [0, 0.1) is 11.7 Å². The molecule has 0 spiro atoms. The molecule has 2 aliphatic rings. The van der Waals surface area contributed by atoms with Crippen molar-refractivity contribution in [3.63, 3.8) is 0 Å². The first-order chi connectivity index (χ1) is 18.1. The van der Waals surface area contributed by atoms with Crippen LogP contribution in [-0.2, 0) is 16.6 Å². The van der Waals surface area contributed by atoms with Crippen LogP contribution in [0.5, 0.6) is 5.88 Å². The van der Waals surface area contributed by atoms with Crippen molar-refractivity contribution in [3.8, 4) is 17.4 Å². The first-order valence-electron chi connectivity index (χ1n) is 11.9. The summed E-state index contributed by atoms with van der Waals surface area (Å²) in [4.78, 5) is 30.8. The van der Waals surface area contributed by atoms with Crippen LogP contribution in [0.2, 0.25) is 5.02 Å². The molecule has 1 aromatic carbocycles. The van der Waals surface area contributed by atoms with E-state index in [1.807, 2.05) is 0 Å². The van der Waals surface area contributed by atoms with Crippen LogP contribution in [0.15, 0.2) is 36.8 Å². The topological polar surface area (TPSA) is 105 Å². The van der Waals surface area contributed by atoms with E-state index in [0.717, 1.165) is 0 Å². The monoisotopic (exact) mass is 546 g/mol. The molecule has 0 radical (unpaired) electrons. The van der Waals surface area contributed by atoms with Crippen LogP contribution in [0.1, 0.15) is 42.5 Å². The smallest absolute Gasteiger partial charge is 0.389 e. The van der Waals surface area contributed by atoms with E-state index in [1.54, 1.807) is 16.7 Å². The maximum atomic E-state index is 14.4. The number of hydrogen-bond acceptors (Lipinski definition) is 6. The summed E-state index contributed by atoms with van der Waals surface area (Å²) < 4.78 is 54.1. The molecule has 3 aromatic heterocycles. The molecule has 1 atom stereocenters. The van der Waals surface area contributed by atoms with Crippen molar-refractivity contribution in [2.45, 2.75) is 43.7 Å². The average molecular weight is 547 g/mol. The number of nitrogens with zero attached hydrogens (tertiary/aromatic N) is 5. The zero-order valence-electron chi connectivity index (χ0n) is 19.6. The van der Waals surface area contributed by atoms with Crippen LogP contribution in [0.25, 0.3) is 17.2 Å². The molecule has 196 valence electrons. The minimum atomic E-state index is -4.29. The number of halogens is 5. The van der Waals surface area contributed by atoms with Gasteiger partial charge in [0.15, 0.2) is 11.5 Å². The molecule has 13 heteroatoms. The molecule has 1 aliphatic heterocycles. The Morgan fingerprint density at radius 1 is 1.21 bits per heavy atom. The molecule has 0 saturated heterocycles. The van der Waals surface area contributed by atoms with Crippen molar-refractivity contribution < 1.29 is 27.5 Å². The number of benzene rings is 1. The highest BCUT2D eigenvalue weighted by Crippen LogP contribution is 2.58. The largest absolute Gasteiger partial charge is 0.493 e. The highest BCUT2D eigenvalue weighted by molar-refractivity contribution is 6.30. The molecule has 4 aromatic rings. The van der Waals surface area contributed by atoms with Gasteiger partial charge in [-0.3, -0.25) is 4.79 Å². The predicted octanol–water partition coefficient (Wildman–Crippen LogP) is 5.22. The van der Waals surface area contributed by atoms with E-state index in [0.29, 0.717) is 29.7 Å². The van der Waals surface area contributed by atoms with Gasteiger partial charge in [-0.15, -0.1) is 0 Å². The number of carbonyl (C=O) groups is 1. The van der Waals surface area contributed by atoms with E-state index < -0.39 is 35.6 Å². The van der Waals surface area contributed by atoms with Crippen LogP contribution in [-0.4, -0.2) is 41.5 Å². The minimum absolute atomic E-state index is 0.00838. The summed E-state index contributed by atoms with van der Waals surface area (Å²) in [7, 11) is 0. The molecule has 1 saturated carbocycles. The summed E-state index contributed by atoms with van der Waals surface area (Å²) in [6.07, 6.45) is 0.554. The van der Waals surface area contributed by atoms with Crippen LogP contribution in [0.3, 0.4) is 0 Å². The average Bonchev–Trinajstić information content (AvgIpc) is 3.50. The Hall–Kier alpha value is -3.80. The van der Waals surface area contributed by atoms with Gasteiger partial charge in [0.05, 0.1) is 16.3 Å². The van der Waals surface area contributed by atoms with Gasteiger partial charge in [0, 0.05) is 25.0 Å². The van der Waals surface area contributed by atoms with E-state index in [9.17, 15) is 27.5 Å². The van der Waals surface area contributed by atoms with Crippen LogP contribution in [0.4, 0.5) is 23.4 Å². The minimum Gasteiger partial charge on any atom is -0.493 e. The number of aromatic nitrogens is 5. The number of alkyl halides is 3. The number of amides is 1. The Bertz CT molecular complexity index is 1600. The lowest BCUT2D eigenvalue weighted by atomic mass is 9.72. The molecular formula is C25H19ClF4N6O2. The Labute approximate surface area is 217 Å². The lowest BCUT2D eigenvalue weighted by Crippen LogP contribution is -2.38. The van der Waals surface area contributed by atoms with Crippen molar-refractivity contribution >= 4 is 29.0 Å². The third-order valence-corrected chi connectivity index (χ3v) is 7.29. The quantitative estimate of drug-likeness (QED) is 0.321. The van der Waals surface area contributed by atoms with Gasteiger partial charge in [0.2, 0.25) is 11.8 Å². The van der Waals surface area contributed by atoms with Crippen LogP contribution < -0.4 is 5.32 Å². The number of anilines is 1. The second kappa shape index (κ2) is 8.62. The summed E-state index contributed by atoms with van der Waals surface area (Å²) in [6.45, 7) is 0. The fourth-order valence-electron chi connectivity index (χ4n) is 5.22. The second-order valence-corrected chi connectivity index (χ2v) is 9.87. The highest BCUT2D eigenvalue weighted by Gasteiger charge is 2.60. The number of rotatable bonds is 6.